The number of rotatable bonds is 2. The molecule has 0 bridgehead atoms. The van der Waals surface area contributed by atoms with Gasteiger partial charge in [0.15, 0.2) is 0 Å². The average molecular weight is 420 g/mol. The zero-order valence-electron chi connectivity index (χ0n) is 15.6. The number of piperidine rings is 1. The van der Waals surface area contributed by atoms with Crippen molar-refractivity contribution in [2.45, 2.75) is 25.9 Å². The number of pyridine rings is 1. The van der Waals surface area contributed by atoms with E-state index in [1.54, 1.807) is 9.80 Å². The molecular weight excluding hydrogens is 397 g/mol. The number of likely N-dealkylation sites (tertiary alicyclic amines) is 1. The minimum Gasteiger partial charge on any atom is -0.342 e. The molecule has 0 aromatic carbocycles. The molecule has 6 nitrogen and oxygen atoms in total. The van der Waals surface area contributed by atoms with E-state index in [1.807, 2.05) is 4.90 Å². The predicted molar refractivity (Wildman–Crippen MR) is 96.8 cm³/mol. The molecule has 154 valence electrons. The molecule has 0 saturated carbocycles. The molecule has 2 aliphatic rings. The van der Waals surface area contributed by atoms with Crippen LogP contribution in [0.15, 0.2) is 12.3 Å². The molecule has 1 atom stereocenters. The van der Waals surface area contributed by atoms with Crippen molar-refractivity contribution in [2.75, 3.05) is 44.2 Å². The highest BCUT2D eigenvalue weighted by Gasteiger charge is 2.36. The third-order valence-electron chi connectivity index (χ3n) is 5.32. The normalized spacial score (nSPS) is 21.0. The molecule has 28 heavy (non-hydrogen) atoms. The van der Waals surface area contributed by atoms with Crippen LogP contribution < -0.4 is 9.88 Å². The largest absolute Gasteiger partial charge is 0.419 e. The fraction of sp³-hybridized carbons (Fsp3) is 0.611. The van der Waals surface area contributed by atoms with E-state index in [-0.39, 0.29) is 22.8 Å². The van der Waals surface area contributed by atoms with Gasteiger partial charge in [-0.2, -0.15) is 13.2 Å². The number of H-pyrrole nitrogens is 1. The molecule has 3 heterocycles. The molecule has 2 amide bonds. The number of carbonyl (C=O) groups excluding carboxylic acids is 2. The zero-order chi connectivity index (χ0) is 20.5. The molecule has 0 aliphatic carbocycles. The number of piperazine rings is 1. The quantitative estimate of drug-likeness (QED) is 0.737. The molecule has 1 aromatic rings. The summed E-state index contributed by atoms with van der Waals surface area (Å²) in [5.41, 5.74) is -0.831. The summed E-state index contributed by atoms with van der Waals surface area (Å²) in [6.45, 7) is 4.51. The fourth-order valence-corrected chi connectivity index (χ4v) is 4.03. The van der Waals surface area contributed by atoms with Crippen molar-refractivity contribution in [3.63, 3.8) is 0 Å². The van der Waals surface area contributed by atoms with Gasteiger partial charge in [0.05, 0.1) is 24.6 Å². The number of aromatic nitrogens is 1. The number of hydrogen-bond acceptors (Lipinski definition) is 3. The Kier molecular flexibility index (Phi) is 6.02. The van der Waals surface area contributed by atoms with E-state index in [0.717, 1.165) is 25.1 Å². The number of alkyl halides is 3. The molecule has 0 unspecified atom stereocenters. The van der Waals surface area contributed by atoms with Crippen molar-refractivity contribution in [2.24, 2.45) is 5.92 Å². The van der Waals surface area contributed by atoms with Crippen LogP contribution in [-0.2, 0) is 15.8 Å². The first-order valence-corrected chi connectivity index (χ1v) is 9.62. The zero-order valence-corrected chi connectivity index (χ0v) is 16.3. The van der Waals surface area contributed by atoms with Crippen molar-refractivity contribution >= 4 is 29.2 Å². The lowest BCUT2D eigenvalue weighted by Gasteiger charge is -2.37. The number of amides is 2. The number of carbonyl (C=O) groups is 2. The van der Waals surface area contributed by atoms with E-state index in [1.165, 1.54) is 6.92 Å². The molecule has 2 aliphatic heterocycles. The number of hydrogen-bond donors (Lipinski definition) is 0. The Morgan fingerprint density at radius 1 is 1.14 bits per heavy atom. The Morgan fingerprint density at radius 2 is 1.82 bits per heavy atom. The van der Waals surface area contributed by atoms with Gasteiger partial charge in [-0.15, -0.1) is 0 Å². The van der Waals surface area contributed by atoms with Crippen LogP contribution in [0.3, 0.4) is 0 Å². The molecule has 3 rings (SSSR count). The van der Waals surface area contributed by atoms with Crippen molar-refractivity contribution in [3.05, 3.63) is 22.8 Å². The molecule has 0 radical (unpaired) electrons. The highest BCUT2D eigenvalue weighted by molar-refractivity contribution is 6.32. The Hall–Kier alpha value is -2.03. The highest BCUT2D eigenvalue weighted by atomic mass is 35.5. The summed E-state index contributed by atoms with van der Waals surface area (Å²) in [7, 11) is 0. The topological polar surface area (TPSA) is 58.0 Å². The van der Waals surface area contributed by atoms with E-state index in [0.29, 0.717) is 45.1 Å². The lowest BCUT2D eigenvalue weighted by atomic mass is 9.96. The van der Waals surface area contributed by atoms with Crippen LogP contribution in [0.2, 0.25) is 5.02 Å². The number of halogens is 4. The molecule has 0 spiro atoms. The standard InChI is InChI=1S/C18H22ClF3N4O2/c1-12(27)26-4-2-3-13(11-26)17(28)25-7-5-24(6-8-25)16-15(19)9-14(10-23-16)18(20,21)22/h9-10,13H,2-8,11H2,1H3/p+1/t13-/m0/s1. The SMILES string of the molecule is CC(=O)N1CCC[C@H](C(=O)N2CCN(c3[nH+]cc(C(F)(F)F)cc3Cl)CC2)C1. The van der Waals surface area contributed by atoms with Crippen molar-refractivity contribution in [3.8, 4) is 0 Å². The predicted octanol–water partition coefficient (Wildman–Crippen LogP) is 2.08. The van der Waals surface area contributed by atoms with E-state index >= 15 is 0 Å². The number of nitrogens with one attached hydrogen (secondary N) is 1. The molecule has 1 aromatic heterocycles. The maximum absolute atomic E-state index is 12.8. The number of nitrogens with zero attached hydrogens (tertiary/aromatic N) is 3. The summed E-state index contributed by atoms with van der Waals surface area (Å²) in [4.78, 5) is 32.3. The minimum atomic E-state index is -4.46. The van der Waals surface area contributed by atoms with Crippen LogP contribution in [0.25, 0.3) is 0 Å². The van der Waals surface area contributed by atoms with Crippen LogP contribution in [0.4, 0.5) is 19.0 Å². The van der Waals surface area contributed by atoms with Gasteiger partial charge in [0, 0.05) is 20.0 Å². The summed E-state index contributed by atoms with van der Waals surface area (Å²) in [6.07, 6.45) is -1.98. The van der Waals surface area contributed by atoms with Crippen molar-refractivity contribution in [1.82, 2.24) is 9.80 Å². The Morgan fingerprint density at radius 3 is 2.39 bits per heavy atom. The van der Waals surface area contributed by atoms with Gasteiger partial charge in [0.1, 0.15) is 24.3 Å². The van der Waals surface area contributed by atoms with Gasteiger partial charge < -0.3 is 9.80 Å². The highest BCUT2D eigenvalue weighted by Crippen LogP contribution is 2.32. The lowest BCUT2D eigenvalue weighted by Crippen LogP contribution is -2.53. The Labute approximate surface area is 166 Å². The summed E-state index contributed by atoms with van der Waals surface area (Å²) >= 11 is 6.04. The van der Waals surface area contributed by atoms with E-state index in [2.05, 4.69) is 4.98 Å². The summed E-state index contributed by atoms with van der Waals surface area (Å²) in [5, 5.41) is -0.000943. The van der Waals surface area contributed by atoms with Gasteiger partial charge >= 0.3 is 6.18 Å². The van der Waals surface area contributed by atoms with E-state index < -0.39 is 11.7 Å². The Balaban J connectivity index is 1.60. The van der Waals surface area contributed by atoms with Crippen LogP contribution >= 0.6 is 11.6 Å². The van der Waals surface area contributed by atoms with Gasteiger partial charge in [0.2, 0.25) is 11.8 Å². The smallest absolute Gasteiger partial charge is 0.342 e. The van der Waals surface area contributed by atoms with Crippen LogP contribution in [-0.4, -0.2) is 60.9 Å². The maximum atomic E-state index is 12.8. The van der Waals surface area contributed by atoms with Crippen LogP contribution in [0.5, 0.6) is 0 Å². The number of anilines is 1. The first-order chi connectivity index (χ1) is 13.2. The van der Waals surface area contributed by atoms with E-state index in [9.17, 15) is 22.8 Å². The van der Waals surface area contributed by atoms with Gasteiger partial charge in [0.25, 0.3) is 5.82 Å². The third kappa shape index (κ3) is 4.51. The molecule has 1 N–H and O–H groups in total. The first-order valence-electron chi connectivity index (χ1n) is 9.24. The van der Waals surface area contributed by atoms with Crippen LogP contribution in [0.1, 0.15) is 25.3 Å². The summed E-state index contributed by atoms with van der Waals surface area (Å²) < 4.78 is 38.3. The van der Waals surface area contributed by atoms with Gasteiger partial charge in [-0.1, -0.05) is 11.6 Å². The first kappa shape index (κ1) is 20.7. The van der Waals surface area contributed by atoms with E-state index in [4.69, 9.17) is 11.6 Å². The molecular formula is C18H23ClF3N4O2+. The molecule has 2 saturated heterocycles. The minimum absolute atomic E-state index is 0.000943. The van der Waals surface area contributed by atoms with Crippen LogP contribution in [0, 0.1) is 5.92 Å². The van der Waals surface area contributed by atoms with Gasteiger partial charge in [-0.05, 0) is 18.9 Å². The summed E-state index contributed by atoms with van der Waals surface area (Å²) in [6, 6.07) is 0.906. The third-order valence-corrected chi connectivity index (χ3v) is 5.61. The molecule has 2 fully saturated rings. The van der Waals surface area contributed by atoms with Gasteiger partial charge in [-0.25, -0.2) is 4.98 Å². The molecule has 10 heteroatoms. The monoisotopic (exact) mass is 419 g/mol. The Bertz CT molecular complexity index is 751. The second-order valence-electron chi connectivity index (χ2n) is 7.20. The fourth-order valence-electron chi connectivity index (χ4n) is 3.74. The average Bonchev–Trinajstić information content (AvgIpc) is 2.67. The van der Waals surface area contributed by atoms with Crippen molar-refractivity contribution in [1.29, 1.82) is 0 Å². The number of aromatic amines is 1. The lowest BCUT2D eigenvalue weighted by molar-refractivity contribution is -0.367. The van der Waals surface area contributed by atoms with Crippen molar-refractivity contribution < 1.29 is 27.7 Å². The summed E-state index contributed by atoms with van der Waals surface area (Å²) in [5.74, 6) is 0.246. The second-order valence-corrected chi connectivity index (χ2v) is 7.61. The maximum Gasteiger partial charge on any atom is 0.419 e. The van der Waals surface area contributed by atoms with Gasteiger partial charge in [-0.3, -0.25) is 14.5 Å². The second kappa shape index (κ2) is 8.14.